The maximum absolute atomic E-state index is 6.37. The van der Waals surface area contributed by atoms with Gasteiger partial charge in [0.05, 0.1) is 12.2 Å². The Hall–Kier alpha value is -2.44. The number of aromatic nitrogens is 4. The van der Waals surface area contributed by atoms with E-state index in [4.69, 9.17) is 16.7 Å². The van der Waals surface area contributed by atoms with E-state index in [2.05, 4.69) is 48.7 Å². The smallest absolute Gasteiger partial charge is 0.151 e. The van der Waals surface area contributed by atoms with Crippen LogP contribution in [0, 0.1) is 5.41 Å². The molecule has 158 valence electrons. The molecule has 0 atom stereocenters. The number of rotatable bonds is 3. The maximum atomic E-state index is 6.37. The molecule has 4 aliphatic rings. The minimum atomic E-state index is 0.419. The van der Waals surface area contributed by atoms with Crippen molar-refractivity contribution in [3.63, 3.8) is 0 Å². The molecule has 4 heterocycles. The van der Waals surface area contributed by atoms with Crippen molar-refractivity contribution in [2.75, 3.05) is 18.0 Å². The second-order valence-corrected chi connectivity index (χ2v) is 10.3. The first-order valence-corrected chi connectivity index (χ1v) is 11.7. The summed E-state index contributed by atoms with van der Waals surface area (Å²) in [7, 11) is 0. The highest BCUT2D eigenvalue weighted by Gasteiger charge is 2.54. The number of anilines is 1. The summed E-state index contributed by atoms with van der Waals surface area (Å²) in [6.45, 7) is 4.01. The van der Waals surface area contributed by atoms with E-state index in [1.807, 2.05) is 18.3 Å². The van der Waals surface area contributed by atoms with E-state index in [9.17, 15) is 0 Å². The number of hydrogen-bond donors (Lipinski definition) is 0. The topological polar surface area (TPSA) is 50.1 Å². The zero-order valence-corrected chi connectivity index (χ0v) is 18.2. The van der Waals surface area contributed by atoms with E-state index < -0.39 is 0 Å². The zero-order chi connectivity index (χ0) is 20.6. The number of fused-ring (bicyclic) bond motifs is 3. The van der Waals surface area contributed by atoms with Gasteiger partial charge >= 0.3 is 0 Å². The SMILES string of the molecule is Clc1ccc2c(c1)CN(C1CC1)Cc1nnc(C3CC4(C3)CN(c3ccccn3)C4)n1-2. The summed E-state index contributed by atoms with van der Waals surface area (Å²) in [5.41, 5.74) is 2.92. The summed E-state index contributed by atoms with van der Waals surface area (Å²) < 4.78 is 2.35. The molecule has 0 N–H and O–H groups in total. The maximum Gasteiger partial charge on any atom is 0.151 e. The predicted molar refractivity (Wildman–Crippen MR) is 119 cm³/mol. The van der Waals surface area contributed by atoms with Gasteiger partial charge in [-0.05, 0) is 61.6 Å². The number of hydrogen-bond acceptors (Lipinski definition) is 5. The van der Waals surface area contributed by atoms with Crippen LogP contribution in [0.1, 0.15) is 48.8 Å². The number of pyridine rings is 1. The van der Waals surface area contributed by atoms with Gasteiger partial charge in [0.25, 0.3) is 0 Å². The molecule has 0 unspecified atom stereocenters. The van der Waals surface area contributed by atoms with Crippen molar-refractivity contribution < 1.29 is 0 Å². The summed E-state index contributed by atoms with van der Waals surface area (Å²) in [5.74, 6) is 3.79. The minimum absolute atomic E-state index is 0.419. The van der Waals surface area contributed by atoms with Crippen LogP contribution in [0.15, 0.2) is 42.6 Å². The average Bonchev–Trinajstić information content (AvgIpc) is 3.50. The van der Waals surface area contributed by atoms with Crippen LogP contribution in [-0.2, 0) is 13.1 Å². The van der Waals surface area contributed by atoms with E-state index in [0.29, 0.717) is 17.4 Å². The summed E-state index contributed by atoms with van der Waals surface area (Å²) in [6.07, 6.45) is 6.82. The van der Waals surface area contributed by atoms with E-state index in [0.717, 1.165) is 48.7 Å². The molecule has 6 nitrogen and oxygen atoms in total. The van der Waals surface area contributed by atoms with Gasteiger partial charge in [0.1, 0.15) is 11.6 Å². The molecule has 3 aromatic rings. The molecule has 0 amide bonds. The second kappa shape index (κ2) is 6.53. The number of benzene rings is 1. The lowest BCUT2D eigenvalue weighted by Crippen LogP contribution is -2.62. The zero-order valence-electron chi connectivity index (χ0n) is 17.4. The van der Waals surface area contributed by atoms with Gasteiger partial charge in [-0.25, -0.2) is 4.98 Å². The molecule has 2 saturated carbocycles. The van der Waals surface area contributed by atoms with Gasteiger partial charge in [0.2, 0.25) is 0 Å². The third-order valence-corrected chi connectivity index (χ3v) is 7.80. The Morgan fingerprint density at radius 1 is 1.00 bits per heavy atom. The van der Waals surface area contributed by atoms with Gasteiger partial charge in [-0.2, -0.15) is 0 Å². The third-order valence-electron chi connectivity index (χ3n) is 7.57. The fourth-order valence-electron chi connectivity index (χ4n) is 5.91. The van der Waals surface area contributed by atoms with Crippen LogP contribution >= 0.6 is 11.6 Å². The third kappa shape index (κ3) is 2.92. The summed E-state index contributed by atoms with van der Waals surface area (Å²) in [4.78, 5) is 9.45. The standard InChI is InChI=1S/C24H25ClN6/c25-18-4-7-20-16(9-18)12-29(19-5-6-19)13-22-27-28-23(31(20)22)17-10-24(11-17)14-30(15-24)21-3-1-2-8-26-21/h1-4,7-9,17,19H,5-6,10-15H2. The molecule has 2 aliphatic carbocycles. The van der Waals surface area contributed by atoms with E-state index in [1.54, 1.807) is 0 Å². The monoisotopic (exact) mass is 432 g/mol. The summed E-state index contributed by atoms with van der Waals surface area (Å²) in [6, 6.07) is 13.1. The largest absolute Gasteiger partial charge is 0.355 e. The fraction of sp³-hybridized carbons (Fsp3) is 0.458. The minimum Gasteiger partial charge on any atom is -0.355 e. The lowest BCUT2D eigenvalue weighted by atomic mass is 9.57. The molecule has 31 heavy (non-hydrogen) atoms. The van der Waals surface area contributed by atoms with Crippen molar-refractivity contribution in [1.82, 2.24) is 24.6 Å². The van der Waals surface area contributed by atoms with Gasteiger partial charge in [0.15, 0.2) is 5.82 Å². The van der Waals surface area contributed by atoms with E-state index >= 15 is 0 Å². The van der Waals surface area contributed by atoms with Crippen LogP contribution in [0.25, 0.3) is 5.69 Å². The average molecular weight is 433 g/mol. The van der Waals surface area contributed by atoms with Gasteiger partial charge in [-0.3, -0.25) is 9.47 Å². The molecule has 2 aromatic heterocycles. The highest BCUT2D eigenvalue weighted by molar-refractivity contribution is 6.30. The fourth-order valence-corrected chi connectivity index (χ4v) is 6.10. The Balaban J connectivity index is 1.16. The summed E-state index contributed by atoms with van der Waals surface area (Å²) in [5, 5.41) is 10.2. The molecule has 2 aliphatic heterocycles. The van der Waals surface area contributed by atoms with Gasteiger partial charge in [-0.1, -0.05) is 17.7 Å². The second-order valence-electron chi connectivity index (χ2n) is 9.87. The van der Waals surface area contributed by atoms with Crippen LogP contribution in [0.3, 0.4) is 0 Å². The Bertz CT molecular complexity index is 1140. The molecule has 7 rings (SSSR count). The van der Waals surface area contributed by atoms with Crippen molar-refractivity contribution in [1.29, 1.82) is 0 Å². The van der Waals surface area contributed by atoms with Crippen LogP contribution in [-0.4, -0.2) is 43.8 Å². The molecule has 1 spiro atoms. The number of nitrogens with zero attached hydrogens (tertiary/aromatic N) is 6. The quantitative estimate of drug-likeness (QED) is 0.621. The Morgan fingerprint density at radius 2 is 1.87 bits per heavy atom. The van der Waals surface area contributed by atoms with Crippen LogP contribution in [0.5, 0.6) is 0 Å². The van der Waals surface area contributed by atoms with Crippen molar-refractivity contribution >= 4 is 17.4 Å². The van der Waals surface area contributed by atoms with Crippen molar-refractivity contribution in [3.05, 3.63) is 64.8 Å². The van der Waals surface area contributed by atoms with E-state index in [1.165, 1.54) is 36.9 Å². The van der Waals surface area contributed by atoms with Crippen LogP contribution in [0.2, 0.25) is 5.02 Å². The lowest BCUT2D eigenvalue weighted by molar-refractivity contribution is 0.0581. The predicted octanol–water partition coefficient (Wildman–Crippen LogP) is 4.18. The van der Waals surface area contributed by atoms with Crippen LogP contribution in [0.4, 0.5) is 5.82 Å². The molecular formula is C24H25ClN6. The van der Waals surface area contributed by atoms with E-state index in [-0.39, 0.29) is 0 Å². The van der Waals surface area contributed by atoms with Crippen molar-refractivity contribution in [2.45, 2.75) is 50.7 Å². The first kappa shape index (κ1) is 18.2. The van der Waals surface area contributed by atoms with Gasteiger partial charge in [-0.15, -0.1) is 10.2 Å². The van der Waals surface area contributed by atoms with Crippen molar-refractivity contribution in [2.24, 2.45) is 5.41 Å². The highest BCUT2D eigenvalue weighted by atomic mass is 35.5. The normalized spacial score (nSPS) is 22.4. The molecular weight excluding hydrogens is 408 g/mol. The molecule has 1 saturated heterocycles. The number of halogens is 1. The first-order chi connectivity index (χ1) is 15.2. The Kier molecular flexibility index (Phi) is 3.83. The molecule has 1 aromatic carbocycles. The molecule has 0 bridgehead atoms. The summed E-state index contributed by atoms with van der Waals surface area (Å²) >= 11 is 6.37. The van der Waals surface area contributed by atoms with Gasteiger partial charge < -0.3 is 4.90 Å². The molecule has 7 heteroatoms. The molecule has 3 fully saturated rings. The van der Waals surface area contributed by atoms with Gasteiger partial charge in [0, 0.05) is 48.2 Å². The highest BCUT2D eigenvalue weighted by Crippen LogP contribution is 2.56. The first-order valence-electron chi connectivity index (χ1n) is 11.3. The lowest BCUT2D eigenvalue weighted by Gasteiger charge is -2.59. The van der Waals surface area contributed by atoms with Crippen LogP contribution < -0.4 is 4.90 Å². The Morgan fingerprint density at radius 3 is 2.65 bits per heavy atom. The molecule has 0 radical (unpaired) electrons. The Labute approximate surface area is 186 Å². The van der Waals surface area contributed by atoms with Crippen molar-refractivity contribution in [3.8, 4) is 5.69 Å².